The topological polar surface area (TPSA) is 74.2 Å². The summed E-state index contributed by atoms with van der Waals surface area (Å²) >= 11 is 1.59. The number of likely N-dealkylation sites (tertiary alicyclic amines) is 1. The third-order valence-electron chi connectivity index (χ3n) is 5.75. The van der Waals surface area contributed by atoms with E-state index < -0.39 is 0 Å². The first-order chi connectivity index (χ1) is 14.3. The van der Waals surface area contributed by atoms with Gasteiger partial charge in [0.05, 0.1) is 19.6 Å². The Morgan fingerprint density at radius 3 is 2.33 bits per heavy atom. The minimum Gasteiger partial charge on any atom is -0.334 e. The molecule has 0 saturated carbocycles. The second kappa shape index (κ2) is 8.35. The number of hydrogen-bond acceptors (Lipinski definition) is 5. The largest absolute Gasteiger partial charge is 0.334 e. The molecule has 1 N–H and O–H groups in total. The molecule has 0 aliphatic carbocycles. The summed E-state index contributed by atoms with van der Waals surface area (Å²) < 4.78 is 2.58. The molecule has 158 valence electrons. The van der Waals surface area contributed by atoms with Crippen LogP contribution >= 0.6 is 11.8 Å². The molecule has 3 heterocycles. The lowest BCUT2D eigenvalue weighted by molar-refractivity contribution is -0.884. The maximum Gasteiger partial charge on any atom is 0.332 e. The van der Waals surface area contributed by atoms with E-state index in [9.17, 15) is 9.59 Å². The van der Waals surface area contributed by atoms with Crippen molar-refractivity contribution in [2.24, 2.45) is 14.1 Å². The molecule has 30 heavy (non-hydrogen) atoms. The van der Waals surface area contributed by atoms with Crippen LogP contribution < -0.4 is 16.1 Å². The Hall–Kier alpha value is -2.45. The molecule has 0 spiro atoms. The van der Waals surface area contributed by atoms with Gasteiger partial charge in [-0.2, -0.15) is 0 Å². The average Bonchev–Trinajstić information content (AvgIpc) is 3.23. The highest BCUT2D eigenvalue weighted by atomic mass is 32.2. The van der Waals surface area contributed by atoms with E-state index in [-0.39, 0.29) is 11.2 Å². The number of nitrogens with zero attached hydrogens (tertiary/aromatic N) is 4. The molecule has 0 bridgehead atoms. The molecule has 1 aliphatic rings. The van der Waals surface area contributed by atoms with Crippen LogP contribution in [-0.2, 0) is 14.1 Å². The van der Waals surface area contributed by atoms with Gasteiger partial charge in [-0.15, -0.1) is 0 Å². The minimum absolute atomic E-state index is 0.337. The van der Waals surface area contributed by atoms with Gasteiger partial charge in [0, 0.05) is 38.3 Å². The summed E-state index contributed by atoms with van der Waals surface area (Å²) in [5, 5.41) is 1.08. The zero-order chi connectivity index (χ0) is 21.4. The van der Waals surface area contributed by atoms with Gasteiger partial charge < -0.3 is 4.90 Å². The molecule has 1 aliphatic heterocycles. The van der Waals surface area contributed by atoms with Gasteiger partial charge in [-0.05, 0) is 26.0 Å². The van der Waals surface area contributed by atoms with Crippen LogP contribution in [0.1, 0.15) is 24.0 Å². The first-order valence-corrected chi connectivity index (χ1v) is 11.4. The number of thioether (sulfide) groups is 1. The summed E-state index contributed by atoms with van der Waals surface area (Å²) in [6.45, 7) is 7.56. The number of benzene rings is 1. The Balaban J connectivity index is 1.85. The van der Waals surface area contributed by atoms with E-state index in [1.165, 1.54) is 37.5 Å². The van der Waals surface area contributed by atoms with Crippen molar-refractivity contribution in [2.45, 2.75) is 31.7 Å². The third-order valence-corrected chi connectivity index (χ3v) is 6.73. The molecule has 0 unspecified atom stereocenters. The normalized spacial score (nSPS) is 14.7. The van der Waals surface area contributed by atoms with E-state index in [1.54, 1.807) is 23.7 Å². The summed E-state index contributed by atoms with van der Waals surface area (Å²) in [4.78, 5) is 36.5. The molecular formula is C22H28N5O2S+. The SMILES string of the molecule is Cc1cc(C)cc(-c2nc(SCC[NH+]3CCCC3)c3c(=O)n(C)c(=O)n(C)c3n2)c1. The lowest BCUT2D eigenvalue weighted by Gasteiger charge is -2.14. The molecule has 1 saturated heterocycles. The fourth-order valence-corrected chi connectivity index (χ4v) is 5.24. The van der Waals surface area contributed by atoms with Gasteiger partial charge in [0.1, 0.15) is 10.4 Å². The molecule has 1 aromatic carbocycles. The Bertz CT molecular complexity index is 1200. The molecule has 0 atom stereocenters. The number of nitrogens with one attached hydrogen (secondary N) is 1. The van der Waals surface area contributed by atoms with Gasteiger partial charge in [0.25, 0.3) is 5.56 Å². The quantitative estimate of drug-likeness (QED) is 0.488. The van der Waals surface area contributed by atoms with Crippen LogP contribution in [-0.4, -0.2) is 44.5 Å². The summed E-state index contributed by atoms with van der Waals surface area (Å²) in [7, 11) is 3.16. The Morgan fingerprint density at radius 2 is 1.67 bits per heavy atom. The summed E-state index contributed by atoms with van der Waals surface area (Å²) in [5.74, 6) is 1.42. The highest BCUT2D eigenvalue weighted by Gasteiger charge is 2.20. The molecule has 1 fully saturated rings. The van der Waals surface area contributed by atoms with Crippen molar-refractivity contribution in [3.8, 4) is 11.4 Å². The van der Waals surface area contributed by atoms with Crippen LogP contribution in [0, 0.1) is 13.8 Å². The van der Waals surface area contributed by atoms with Crippen molar-refractivity contribution >= 4 is 22.8 Å². The first kappa shape index (κ1) is 20.8. The zero-order valence-electron chi connectivity index (χ0n) is 18.0. The van der Waals surface area contributed by atoms with Crippen LogP contribution in [0.3, 0.4) is 0 Å². The Morgan fingerprint density at radius 1 is 1.00 bits per heavy atom. The third kappa shape index (κ3) is 3.94. The lowest BCUT2D eigenvalue weighted by Crippen LogP contribution is -3.10. The van der Waals surface area contributed by atoms with E-state index in [0.717, 1.165) is 33.6 Å². The van der Waals surface area contributed by atoms with E-state index in [0.29, 0.717) is 21.9 Å². The fourth-order valence-electron chi connectivity index (χ4n) is 4.18. The highest BCUT2D eigenvalue weighted by Crippen LogP contribution is 2.26. The fraction of sp³-hybridized carbons (Fsp3) is 0.455. The van der Waals surface area contributed by atoms with Crippen LogP contribution in [0.4, 0.5) is 0 Å². The number of quaternary nitrogens is 1. The summed E-state index contributed by atoms with van der Waals surface area (Å²) in [5.41, 5.74) is 2.82. The lowest BCUT2D eigenvalue weighted by atomic mass is 10.1. The number of hydrogen-bond donors (Lipinski definition) is 1. The number of aryl methyl sites for hydroxylation is 3. The van der Waals surface area contributed by atoms with Crippen molar-refractivity contribution < 1.29 is 4.90 Å². The van der Waals surface area contributed by atoms with Crippen molar-refractivity contribution in [1.82, 2.24) is 19.1 Å². The first-order valence-electron chi connectivity index (χ1n) is 10.4. The maximum atomic E-state index is 12.9. The molecular weight excluding hydrogens is 398 g/mol. The monoisotopic (exact) mass is 426 g/mol. The zero-order valence-corrected chi connectivity index (χ0v) is 18.8. The van der Waals surface area contributed by atoms with Gasteiger partial charge >= 0.3 is 5.69 Å². The highest BCUT2D eigenvalue weighted by molar-refractivity contribution is 7.99. The predicted octanol–water partition coefficient (Wildman–Crippen LogP) is 1.08. The molecule has 4 rings (SSSR count). The van der Waals surface area contributed by atoms with Crippen LogP contribution in [0.5, 0.6) is 0 Å². The minimum atomic E-state index is -0.380. The molecule has 0 amide bonds. The summed E-state index contributed by atoms with van der Waals surface area (Å²) in [6, 6.07) is 6.18. The van der Waals surface area contributed by atoms with E-state index in [2.05, 4.69) is 11.1 Å². The van der Waals surface area contributed by atoms with Crippen molar-refractivity contribution in [1.29, 1.82) is 0 Å². The smallest absolute Gasteiger partial charge is 0.332 e. The van der Waals surface area contributed by atoms with Crippen molar-refractivity contribution in [3.63, 3.8) is 0 Å². The van der Waals surface area contributed by atoms with Crippen LogP contribution in [0.2, 0.25) is 0 Å². The van der Waals surface area contributed by atoms with E-state index in [4.69, 9.17) is 4.98 Å². The van der Waals surface area contributed by atoms with Gasteiger partial charge in [0.2, 0.25) is 0 Å². The van der Waals surface area contributed by atoms with Crippen LogP contribution in [0.25, 0.3) is 22.4 Å². The maximum absolute atomic E-state index is 12.9. The van der Waals surface area contributed by atoms with E-state index >= 15 is 0 Å². The molecule has 2 aromatic heterocycles. The van der Waals surface area contributed by atoms with Crippen molar-refractivity contribution in [3.05, 3.63) is 50.2 Å². The number of rotatable bonds is 5. The summed E-state index contributed by atoms with van der Waals surface area (Å²) in [6.07, 6.45) is 2.58. The van der Waals surface area contributed by atoms with Gasteiger partial charge in [0.15, 0.2) is 11.5 Å². The van der Waals surface area contributed by atoms with Gasteiger partial charge in [-0.3, -0.25) is 13.9 Å². The average molecular weight is 427 g/mol. The second-order valence-corrected chi connectivity index (χ2v) is 9.27. The van der Waals surface area contributed by atoms with Gasteiger partial charge in [-0.25, -0.2) is 14.8 Å². The van der Waals surface area contributed by atoms with Crippen LogP contribution in [0.15, 0.2) is 32.8 Å². The number of fused-ring (bicyclic) bond motifs is 1. The predicted molar refractivity (Wildman–Crippen MR) is 120 cm³/mol. The second-order valence-electron chi connectivity index (χ2n) is 8.19. The van der Waals surface area contributed by atoms with Crippen molar-refractivity contribution in [2.75, 3.05) is 25.4 Å². The Labute approximate surface area is 179 Å². The molecule has 8 heteroatoms. The van der Waals surface area contributed by atoms with E-state index in [1.807, 2.05) is 26.0 Å². The standard InChI is InChI=1S/C22H27N5O2S/c1-14-11-15(2)13-16(12-14)18-23-19-17(21(28)26(4)22(29)25(19)3)20(24-18)30-10-9-27-7-5-6-8-27/h11-13H,5-10H2,1-4H3/p+1. The molecule has 0 radical (unpaired) electrons. The molecule has 7 nitrogen and oxygen atoms in total. The van der Waals surface area contributed by atoms with Gasteiger partial charge in [-0.1, -0.05) is 29.0 Å². The molecule has 3 aromatic rings. The number of aromatic nitrogens is 4. The Kier molecular flexibility index (Phi) is 5.79.